The maximum absolute atomic E-state index is 4.63. The Morgan fingerprint density at radius 3 is 2.73 bits per heavy atom. The van der Waals surface area contributed by atoms with E-state index >= 15 is 0 Å². The molecule has 0 saturated heterocycles. The number of hydrogen-bond acceptors (Lipinski definition) is 4. The number of aryl methyl sites for hydroxylation is 2. The summed E-state index contributed by atoms with van der Waals surface area (Å²) < 4.78 is 2.06. The molecule has 0 saturated carbocycles. The Balaban J connectivity index is 1.81. The van der Waals surface area contributed by atoms with Crippen LogP contribution in [0, 0.1) is 0 Å². The molecule has 0 fully saturated rings. The summed E-state index contributed by atoms with van der Waals surface area (Å²) in [6.45, 7) is 2.87. The second-order valence-corrected chi connectivity index (χ2v) is 6.15. The minimum atomic E-state index is 0.0629. The van der Waals surface area contributed by atoms with Gasteiger partial charge in [0.2, 0.25) is 0 Å². The molecule has 4 nitrogen and oxygen atoms in total. The van der Waals surface area contributed by atoms with Crippen molar-refractivity contribution in [3.05, 3.63) is 70.2 Å². The molecular formula is C17H20N4S. The van der Waals surface area contributed by atoms with Crippen LogP contribution < -0.4 is 5.32 Å². The molecule has 0 aliphatic carbocycles. The van der Waals surface area contributed by atoms with Crippen molar-refractivity contribution in [2.75, 3.05) is 0 Å². The van der Waals surface area contributed by atoms with E-state index in [1.54, 1.807) is 11.3 Å². The summed E-state index contributed by atoms with van der Waals surface area (Å²) in [7, 11) is 2.03. The van der Waals surface area contributed by atoms with Gasteiger partial charge in [0, 0.05) is 31.4 Å². The van der Waals surface area contributed by atoms with Crippen LogP contribution in [-0.2, 0) is 20.0 Å². The third kappa shape index (κ3) is 3.26. The number of imidazole rings is 1. The molecule has 1 atom stereocenters. The number of nitrogens with one attached hydrogen (secondary N) is 1. The Labute approximate surface area is 134 Å². The van der Waals surface area contributed by atoms with Crippen LogP contribution in [0.4, 0.5) is 0 Å². The van der Waals surface area contributed by atoms with Crippen LogP contribution in [0.25, 0.3) is 0 Å². The molecule has 0 spiro atoms. The molecule has 22 heavy (non-hydrogen) atoms. The number of benzene rings is 1. The summed E-state index contributed by atoms with van der Waals surface area (Å²) in [5, 5.41) is 6.91. The maximum atomic E-state index is 4.63. The van der Waals surface area contributed by atoms with Crippen LogP contribution >= 0.6 is 11.3 Å². The molecule has 0 unspecified atom stereocenters. The van der Waals surface area contributed by atoms with Gasteiger partial charge < -0.3 is 4.57 Å². The smallest absolute Gasteiger partial charge is 0.130 e. The lowest BCUT2D eigenvalue weighted by Gasteiger charge is -2.18. The molecule has 0 bridgehead atoms. The average molecular weight is 312 g/mol. The molecule has 0 aliphatic rings. The van der Waals surface area contributed by atoms with Gasteiger partial charge in [-0.15, -0.1) is 11.3 Å². The first-order valence-corrected chi connectivity index (χ1v) is 8.34. The van der Waals surface area contributed by atoms with Gasteiger partial charge in [0.1, 0.15) is 5.82 Å². The van der Waals surface area contributed by atoms with Gasteiger partial charge in [-0.05, 0) is 12.0 Å². The zero-order valence-electron chi connectivity index (χ0n) is 12.9. The van der Waals surface area contributed by atoms with Crippen molar-refractivity contribution in [1.82, 2.24) is 19.9 Å². The summed E-state index contributed by atoms with van der Waals surface area (Å²) in [6.07, 6.45) is 4.81. The van der Waals surface area contributed by atoms with E-state index in [0.717, 1.165) is 24.5 Å². The lowest BCUT2D eigenvalue weighted by Crippen LogP contribution is -2.25. The minimum Gasteiger partial charge on any atom is -0.336 e. The molecule has 1 N–H and O–H groups in total. The monoisotopic (exact) mass is 312 g/mol. The Morgan fingerprint density at radius 2 is 2.09 bits per heavy atom. The first-order chi connectivity index (χ1) is 10.8. The number of rotatable bonds is 6. The summed E-state index contributed by atoms with van der Waals surface area (Å²) in [5.41, 5.74) is 2.31. The normalized spacial score (nSPS) is 12.5. The van der Waals surface area contributed by atoms with Crippen LogP contribution in [-0.4, -0.2) is 14.5 Å². The average Bonchev–Trinajstić information content (AvgIpc) is 3.18. The maximum Gasteiger partial charge on any atom is 0.130 e. The zero-order valence-corrected chi connectivity index (χ0v) is 13.7. The molecule has 5 heteroatoms. The lowest BCUT2D eigenvalue weighted by atomic mass is 10.1. The molecular weight excluding hydrogens is 292 g/mol. The number of hydrogen-bond donors (Lipinski definition) is 1. The first-order valence-electron chi connectivity index (χ1n) is 7.46. The van der Waals surface area contributed by atoms with E-state index in [1.807, 2.05) is 25.5 Å². The Kier molecular flexibility index (Phi) is 4.65. The van der Waals surface area contributed by atoms with Gasteiger partial charge in [0.25, 0.3) is 0 Å². The van der Waals surface area contributed by atoms with Crippen molar-refractivity contribution in [2.45, 2.75) is 25.9 Å². The zero-order chi connectivity index (χ0) is 15.4. The van der Waals surface area contributed by atoms with E-state index in [1.165, 1.54) is 10.6 Å². The van der Waals surface area contributed by atoms with Gasteiger partial charge in [0.15, 0.2) is 0 Å². The lowest BCUT2D eigenvalue weighted by molar-refractivity contribution is 0.553. The molecule has 2 heterocycles. The Morgan fingerprint density at radius 1 is 1.27 bits per heavy atom. The molecule has 2 aromatic heterocycles. The third-order valence-electron chi connectivity index (χ3n) is 3.64. The van der Waals surface area contributed by atoms with Crippen LogP contribution in [0.1, 0.15) is 35.1 Å². The molecule has 0 aliphatic heterocycles. The number of nitrogens with zero attached hydrogens (tertiary/aromatic N) is 3. The summed E-state index contributed by atoms with van der Waals surface area (Å²) in [5.74, 6) is 1.01. The Hall–Kier alpha value is -1.98. The SMILES string of the molecule is CCc1nc(CN[C@@H](c2ccccc2)c2nccn2C)cs1. The Bertz CT molecular complexity index is 717. The number of aromatic nitrogens is 3. The predicted molar refractivity (Wildman–Crippen MR) is 89.8 cm³/mol. The summed E-state index contributed by atoms with van der Waals surface area (Å²) in [6, 6.07) is 10.5. The van der Waals surface area contributed by atoms with E-state index in [-0.39, 0.29) is 6.04 Å². The van der Waals surface area contributed by atoms with Crippen molar-refractivity contribution in [3.8, 4) is 0 Å². The largest absolute Gasteiger partial charge is 0.336 e. The fraction of sp³-hybridized carbons (Fsp3) is 0.294. The molecule has 3 rings (SSSR count). The van der Waals surface area contributed by atoms with E-state index in [4.69, 9.17) is 0 Å². The van der Waals surface area contributed by atoms with Crippen molar-refractivity contribution in [2.24, 2.45) is 7.05 Å². The second kappa shape index (κ2) is 6.85. The van der Waals surface area contributed by atoms with Crippen molar-refractivity contribution >= 4 is 11.3 Å². The topological polar surface area (TPSA) is 42.7 Å². The van der Waals surface area contributed by atoms with Crippen molar-refractivity contribution in [1.29, 1.82) is 0 Å². The standard InChI is InChI=1S/C17H20N4S/c1-3-15-20-14(12-22-15)11-19-16(13-7-5-4-6-8-13)17-18-9-10-21(17)2/h4-10,12,16,19H,3,11H2,1-2H3/t16-/m0/s1. The van der Waals surface area contributed by atoms with Gasteiger partial charge in [0.05, 0.1) is 16.7 Å². The number of thiazole rings is 1. The second-order valence-electron chi connectivity index (χ2n) is 5.21. The summed E-state index contributed by atoms with van der Waals surface area (Å²) in [4.78, 5) is 9.14. The van der Waals surface area contributed by atoms with Gasteiger partial charge >= 0.3 is 0 Å². The third-order valence-corrected chi connectivity index (χ3v) is 4.68. The highest BCUT2D eigenvalue weighted by Crippen LogP contribution is 2.21. The van der Waals surface area contributed by atoms with Crippen LogP contribution in [0.3, 0.4) is 0 Å². The first kappa shape index (κ1) is 14.9. The molecule has 3 aromatic rings. The van der Waals surface area contributed by atoms with Crippen LogP contribution in [0.15, 0.2) is 48.1 Å². The highest BCUT2D eigenvalue weighted by molar-refractivity contribution is 7.09. The van der Waals surface area contributed by atoms with Crippen LogP contribution in [0.2, 0.25) is 0 Å². The van der Waals surface area contributed by atoms with Crippen molar-refractivity contribution in [3.63, 3.8) is 0 Å². The molecule has 114 valence electrons. The van der Waals surface area contributed by atoms with E-state index in [0.29, 0.717) is 0 Å². The quantitative estimate of drug-likeness (QED) is 0.759. The highest BCUT2D eigenvalue weighted by Gasteiger charge is 2.18. The fourth-order valence-corrected chi connectivity index (χ4v) is 3.20. The van der Waals surface area contributed by atoms with Gasteiger partial charge in [-0.2, -0.15) is 0 Å². The molecule has 0 radical (unpaired) electrons. The predicted octanol–water partition coefficient (Wildman–Crippen LogP) is 3.32. The highest BCUT2D eigenvalue weighted by atomic mass is 32.1. The van der Waals surface area contributed by atoms with Crippen LogP contribution in [0.5, 0.6) is 0 Å². The summed E-state index contributed by atoms with van der Waals surface area (Å²) >= 11 is 1.73. The van der Waals surface area contributed by atoms with Crippen molar-refractivity contribution < 1.29 is 0 Å². The van der Waals surface area contributed by atoms with E-state index in [9.17, 15) is 0 Å². The molecule has 1 aromatic carbocycles. The van der Waals surface area contributed by atoms with Gasteiger partial charge in [-0.1, -0.05) is 37.3 Å². The van der Waals surface area contributed by atoms with Gasteiger partial charge in [-0.25, -0.2) is 9.97 Å². The van der Waals surface area contributed by atoms with Gasteiger partial charge in [-0.3, -0.25) is 5.32 Å². The minimum absolute atomic E-state index is 0.0629. The van der Waals surface area contributed by atoms with E-state index < -0.39 is 0 Å². The fourth-order valence-electron chi connectivity index (χ4n) is 2.46. The molecule has 0 amide bonds. The van der Waals surface area contributed by atoms with E-state index in [2.05, 4.69) is 56.4 Å².